The van der Waals surface area contributed by atoms with Crippen LogP contribution in [0.3, 0.4) is 0 Å². The van der Waals surface area contributed by atoms with Crippen LogP contribution in [0, 0.1) is 0 Å². The minimum atomic E-state index is -1.06. The molecule has 2 N–H and O–H groups in total. The van der Waals surface area contributed by atoms with Crippen LogP contribution in [0.5, 0.6) is 0 Å². The maximum absolute atomic E-state index is 12.3. The molecular formula is C23H25NO5. The summed E-state index contributed by atoms with van der Waals surface area (Å²) in [6, 6.07) is 15.2. The SMILES string of the molecule is O=C(NC(CCC1CCCO1)C(=O)O)OCC1c2ccccc2-c2ccccc21. The van der Waals surface area contributed by atoms with Gasteiger partial charge in [-0.1, -0.05) is 48.5 Å². The molecular weight excluding hydrogens is 370 g/mol. The van der Waals surface area contributed by atoms with Crippen LogP contribution in [0.2, 0.25) is 0 Å². The molecule has 2 aromatic carbocycles. The summed E-state index contributed by atoms with van der Waals surface area (Å²) in [7, 11) is 0. The van der Waals surface area contributed by atoms with Crippen molar-refractivity contribution in [1.82, 2.24) is 5.32 Å². The minimum absolute atomic E-state index is 0.0525. The highest BCUT2D eigenvalue weighted by atomic mass is 16.5. The van der Waals surface area contributed by atoms with Gasteiger partial charge < -0.3 is 19.9 Å². The smallest absolute Gasteiger partial charge is 0.407 e. The molecule has 0 spiro atoms. The first kappa shape index (κ1) is 19.5. The Morgan fingerprint density at radius 2 is 1.76 bits per heavy atom. The van der Waals surface area contributed by atoms with Crippen molar-refractivity contribution >= 4 is 12.1 Å². The molecule has 6 heteroatoms. The van der Waals surface area contributed by atoms with E-state index in [9.17, 15) is 14.7 Å². The fourth-order valence-electron chi connectivity index (χ4n) is 4.26. The minimum Gasteiger partial charge on any atom is -0.480 e. The Balaban J connectivity index is 1.37. The molecule has 0 aromatic heterocycles. The Labute approximate surface area is 169 Å². The fourth-order valence-corrected chi connectivity index (χ4v) is 4.26. The van der Waals surface area contributed by atoms with Crippen molar-refractivity contribution in [3.8, 4) is 11.1 Å². The van der Waals surface area contributed by atoms with Gasteiger partial charge in [0.25, 0.3) is 0 Å². The molecule has 1 fully saturated rings. The summed E-state index contributed by atoms with van der Waals surface area (Å²) in [4.78, 5) is 23.8. The molecule has 2 aromatic rings. The van der Waals surface area contributed by atoms with Gasteiger partial charge in [0.05, 0.1) is 6.10 Å². The van der Waals surface area contributed by atoms with Gasteiger partial charge in [-0.3, -0.25) is 0 Å². The second-order valence-electron chi connectivity index (χ2n) is 7.57. The van der Waals surface area contributed by atoms with Crippen molar-refractivity contribution in [2.24, 2.45) is 0 Å². The van der Waals surface area contributed by atoms with Crippen molar-refractivity contribution in [1.29, 1.82) is 0 Å². The molecule has 0 saturated carbocycles. The predicted molar refractivity (Wildman–Crippen MR) is 108 cm³/mol. The number of rotatable bonds is 7. The third-order valence-electron chi connectivity index (χ3n) is 5.74. The van der Waals surface area contributed by atoms with Crippen LogP contribution < -0.4 is 5.32 Å². The monoisotopic (exact) mass is 395 g/mol. The lowest BCUT2D eigenvalue weighted by Crippen LogP contribution is -2.41. The molecule has 4 rings (SSSR count). The molecule has 0 radical (unpaired) electrons. The normalized spacial score (nSPS) is 18.7. The van der Waals surface area contributed by atoms with Crippen LogP contribution in [0.15, 0.2) is 48.5 Å². The number of nitrogens with one attached hydrogen (secondary N) is 1. The van der Waals surface area contributed by atoms with Crippen LogP contribution in [0.25, 0.3) is 11.1 Å². The molecule has 1 heterocycles. The van der Waals surface area contributed by atoms with E-state index in [1.54, 1.807) is 0 Å². The quantitative estimate of drug-likeness (QED) is 0.742. The first-order valence-electron chi connectivity index (χ1n) is 10.1. The zero-order chi connectivity index (χ0) is 20.2. The van der Waals surface area contributed by atoms with Crippen LogP contribution in [-0.4, -0.2) is 42.5 Å². The molecule has 6 nitrogen and oxygen atoms in total. The number of hydrogen-bond donors (Lipinski definition) is 2. The molecule has 0 bridgehead atoms. The number of hydrogen-bond acceptors (Lipinski definition) is 4. The number of alkyl carbamates (subject to hydrolysis) is 1. The molecule has 1 saturated heterocycles. The highest BCUT2D eigenvalue weighted by molar-refractivity contribution is 5.81. The highest BCUT2D eigenvalue weighted by Crippen LogP contribution is 2.44. The van der Waals surface area contributed by atoms with E-state index >= 15 is 0 Å². The van der Waals surface area contributed by atoms with Crippen LogP contribution >= 0.6 is 0 Å². The van der Waals surface area contributed by atoms with Crippen molar-refractivity contribution in [3.63, 3.8) is 0 Å². The average Bonchev–Trinajstić information content (AvgIpc) is 3.35. The molecule has 1 amide bonds. The van der Waals surface area contributed by atoms with Crippen molar-refractivity contribution < 1.29 is 24.2 Å². The van der Waals surface area contributed by atoms with E-state index in [0.717, 1.165) is 41.7 Å². The summed E-state index contributed by atoms with van der Waals surface area (Å²) in [5.74, 6) is -1.11. The third-order valence-corrected chi connectivity index (χ3v) is 5.74. The van der Waals surface area contributed by atoms with E-state index in [2.05, 4.69) is 17.4 Å². The van der Waals surface area contributed by atoms with Gasteiger partial charge in [0.2, 0.25) is 0 Å². The summed E-state index contributed by atoms with van der Waals surface area (Å²) >= 11 is 0. The second kappa shape index (κ2) is 8.66. The van der Waals surface area contributed by atoms with Crippen molar-refractivity contribution in [2.45, 2.75) is 43.7 Å². The molecule has 1 aliphatic heterocycles. The second-order valence-corrected chi connectivity index (χ2v) is 7.57. The lowest BCUT2D eigenvalue weighted by atomic mass is 9.98. The van der Waals surface area contributed by atoms with E-state index in [-0.39, 0.29) is 18.6 Å². The maximum atomic E-state index is 12.3. The number of amides is 1. The Morgan fingerprint density at radius 3 is 2.34 bits per heavy atom. The maximum Gasteiger partial charge on any atom is 0.407 e. The number of ether oxygens (including phenoxy) is 2. The van der Waals surface area contributed by atoms with E-state index in [1.807, 2.05) is 36.4 Å². The number of carbonyl (C=O) groups is 2. The van der Waals surface area contributed by atoms with Crippen LogP contribution in [-0.2, 0) is 14.3 Å². The van der Waals surface area contributed by atoms with E-state index in [4.69, 9.17) is 9.47 Å². The standard InChI is InChI=1S/C23H25NO5/c25-22(26)21(12-11-15-6-5-13-28-15)24-23(27)29-14-20-18-9-3-1-7-16(18)17-8-2-4-10-19(17)20/h1-4,7-10,15,20-21H,5-6,11-14H2,(H,24,27)(H,25,26). The van der Waals surface area contributed by atoms with Crippen LogP contribution in [0.4, 0.5) is 4.79 Å². The van der Waals surface area contributed by atoms with Gasteiger partial charge in [0.1, 0.15) is 12.6 Å². The Kier molecular flexibility index (Phi) is 5.81. The average molecular weight is 395 g/mol. The molecule has 29 heavy (non-hydrogen) atoms. The summed E-state index contributed by atoms with van der Waals surface area (Å²) in [5, 5.41) is 11.9. The molecule has 2 unspecified atom stereocenters. The zero-order valence-corrected chi connectivity index (χ0v) is 16.2. The van der Waals surface area contributed by atoms with Gasteiger partial charge in [-0.25, -0.2) is 9.59 Å². The first-order chi connectivity index (χ1) is 14.1. The largest absolute Gasteiger partial charge is 0.480 e. The number of carbonyl (C=O) groups excluding carboxylic acids is 1. The highest BCUT2D eigenvalue weighted by Gasteiger charge is 2.30. The summed E-state index contributed by atoms with van der Waals surface area (Å²) in [6.07, 6.45) is 2.26. The molecule has 2 atom stereocenters. The summed E-state index contributed by atoms with van der Waals surface area (Å²) < 4.78 is 11.0. The Morgan fingerprint density at radius 1 is 1.10 bits per heavy atom. The van der Waals surface area contributed by atoms with Gasteiger partial charge >= 0.3 is 12.1 Å². The van der Waals surface area contributed by atoms with Crippen LogP contribution in [0.1, 0.15) is 42.7 Å². The summed E-state index contributed by atoms with van der Waals surface area (Å²) in [6.45, 7) is 0.889. The third kappa shape index (κ3) is 4.27. The van der Waals surface area contributed by atoms with E-state index < -0.39 is 18.1 Å². The molecule has 2 aliphatic rings. The number of benzene rings is 2. The fraction of sp³-hybridized carbons (Fsp3) is 0.391. The topological polar surface area (TPSA) is 84.9 Å². The van der Waals surface area contributed by atoms with Gasteiger partial charge in [-0.05, 0) is 47.9 Å². The van der Waals surface area contributed by atoms with Gasteiger partial charge in [-0.2, -0.15) is 0 Å². The van der Waals surface area contributed by atoms with Gasteiger partial charge in [0.15, 0.2) is 0 Å². The Bertz CT molecular complexity index is 845. The first-order valence-corrected chi connectivity index (χ1v) is 10.1. The van der Waals surface area contributed by atoms with Gasteiger partial charge in [-0.15, -0.1) is 0 Å². The predicted octanol–water partition coefficient (Wildman–Crippen LogP) is 3.94. The number of fused-ring (bicyclic) bond motifs is 3. The van der Waals surface area contributed by atoms with E-state index in [0.29, 0.717) is 12.8 Å². The molecule has 152 valence electrons. The number of aliphatic carboxylic acids is 1. The van der Waals surface area contributed by atoms with Gasteiger partial charge in [0, 0.05) is 12.5 Å². The Hall–Kier alpha value is -2.86. The summed E-state index contributed by atoms with van der Waals surface area (Å²) in [5.41, 5.74) is 4.54. The number of carboxylic acids is 1. The lowest BCUT2D eigenvalue weighted by molar-refractivity contribution is -0.139. The van der Waals surface area contributed by atoms with E-state index in [1.165, 1.54) is 0 Å². The zero-order valence-electron chi connectivity index (χ0n) is 16.2. The van der Waals surface area contributed by atoms with Crippen molar-refractivity contribution in [3.05, 3.63) is 59.7 Å². The van der Waals surface area contributed by atoms with Crippen molar-refractivity contribution in [2.75, 3.05) is 13.2 Å². The number of carboxylic acid groups (broad SMARTS) is 1. The molecule has 1 aliphatic carbocycles. The lowest BCUT2D eigenvalue weighted by Gasteiger charge is -2.18.